The molecule has 8 heteroatoms. The van der Waals surface area contributed by atoms with Crippen molar-refractivity contribution in [3.8, 4) is 0 Å². The summed E-state index contributed by atoms with van der Waals surface area (Å²) in [4.78, 5) is 26.3. The van der Waals surface area contributed by atoms with Gasteiger partial charge in [0.2, 0.25) is 10.0 Å². The van der Waals surface area contributed by atoms with Crippen LogP contribution < -0.4 is 10.0 Å². The summed E-state index contributed by atoms with van der Waals surface area (Å²) >= 11 is 0. The molecule has 2 aromatic rings. The maximum Gasteiger partial charge on any atom is 0.322 e. The molecule has 2 aromatic carbocycles. The van der Waals surface area contributed by atoms with Crippen molar-refractivity contribution in [3.05, 3.63) is 60.2 Å². The molecule has 2 amide bonds. The molecule has 1 saturated heterocycles. The number of rotatable bonds is 5. The molecular formula is C21H23N3O4S. The number of carbonyl (C=O) groups is 2. The molecule has 29 heavy (non-hydrogen) atoms. The fraction of sp³-hybridized carbons (Fsp3) is 0.333. The van der Waals surface area contributed by atoms with Crippen LogP contribution in [-0.2, 0) is 10.0 Å². The summed E-state index contributed by atoms with van der Waals surface area (Å²) in [5.41, 5.74) is 1.08. The van der Waals surface area contributed by atoms with Crippen molar-refractivity contribution in [3.63, 3.8) is 0 Å². The lowest BCUT2D eigenvalue weighted by Gasteiger charge is -2.33. The number of hydrogen-bond acceptors (Lipinski definition) is 4. The minimum atomic E-state index is -3.64. The van der Waals surface area contributed by atoms with Gasteiger partial charge in [0.05, 0.1) is 10.9 Å². The summed E-state index contributed by atoms with van der Waals surface area (Å²) in [6.45, 7) is 2.08. The van der Waals surface area contributed by atoms with Crippen molar-refractivity contribution in [2.45, 2.75) is 36.7 Å². The number of piperidine rings is 1. The highest BCUT2D eigenvalue weighted by molar-refractivity contribution is 7.89. The molecule has 0 unspecified atom stereocenters. The lowest BCUT2D eigenvalue weighted by molar-refractivity contribution is 0.101. The smallest absolute Gasteiger partial charge is 0.320 e. The Labute approximate surface area is 170 Å². The van der Waals surface area contributed by atoms with Gasteiger partial charge in [0.25, 0.3) is 0 Å². The molecule has 1 saturated carbocycles. The van der Waals surface area contributed by atoms with Crippen molar-refractivity contribution in [1.29, 1.82) is 0 Å². The second kappa shape index (κ2) is 7.61. The summed E-state index contributed by atoms with van der Waals surface area (Å²) in [6, 6.07) is 14.3. The van der Waals surface area contributed by atoms with Crippen molar-refractivity contribution in [1.82, 2.24) is 9.62 Å². The third-order valence-electron chi connectivity index (χ3n) is 5.62. The van der Waals surface area contributed by atoms with Crippen molar-refractivity contribution < 1.29 is 18.0 Å². The Balaban J connectivity index is 1.46. The van der Waals surface area contributed by atoms with Crippen LogP contribution in [0.25, 0.3) is 0 Å². The van der Waals surface area contributed by atoms with E-state index in [0.717, 1.165) is 12.8 Å². The number of ketones is 1. The predicted octanol–water partition coefficient (Wildman–Crippen LogP) is 2.86. The lowest BCUT2D eigenvalue weighted by Crippen LogP contribution is -2.52. The Morgan fingerprint density at radius 3 is 2.48 bits per heavy atom. The van der Waals surface area contributed by atoms with Crippen LogP contribution in [0.15, 0.2) is 59.5 Å². The van der Waals surface area contributed by atoms with E-state index >= 15 is 0 Å². The van der Waals surface area contributed by atoms with Crippen LogP contribution in [0, 0.1) is 5.92 Å². The number of amides is 2. The molecule has 0 spiro atoms. The molecule has 1 heterocycles. The third kappa shape index (κ3) is 4.04. The first-order valence-corrected chi connectivity index (χ1v) is 11.1. The van der Waals surface area contributed by atoms with Crippen LogP contribution in [0.4, 0.5) is 10.5 Å². The Kier molecular flexibility index (Phi) is 5.14. The topological polar surface area (TPSA) is 95.6 Å². The Morgan fingerprint density at radius 2 is 1.79 bits per heavy atom. The van der Waals surface area contributed by atoms with Crippen LogP contribution >= 0.6 is 0 Å². The van der Waals surface area contributed by atoms with E-state index in [9.17, 15) is 18.0 Å². The van der Waals surface area contributed by atoms with Crippen molar-refractivity contribution in [2.75, 3.05) is 11.9 Å². The maximum atomic E-state index is 12.8. The molecule has 7 nitrogen and oxygen atoms in total. The number of Topliss-reactive ketones (excluding diaryl/α,β-unsaturated/α-hetero) is 1. The largest absolute Gasteiger partial charge is 0.322 e. The van der Waals surface area contributed by atoms with Gasteiger partial charge in [-0.3, -0.25) is 4.79 Å². The van der Waals surface area contributed by atoms with Gasteiger partial charge in [0, 0.05) is 23.8 Å². The number of fused-ring (bicyclic) bond motifs is 2. The van der Waals surface area contributed by atoms with Crippen LogP contribution in [0.5, 0.6) is 0 Å². The monoisotopic (exact) mass is 413 g/mol. The van der Waals surface area contributed by atoms with Gasteiger partial charge in [-0.05, 0) is 49.9 Å². The highest BCUT2D eigenvalue weighted by Gasteiger charge is 2.48. The van der Waals surface area contributed by atoms with E-state index in [1.54, 1.807) is 59.5 Å². The Morgan fingerprint density at radius 1 is 1.03 bits per heavy atom. The number of anilines is 1. The summed E-state index contributed by atoms with van der Waals surface area (Å²) in [5, 5.41) is 2.84. The zero-order chi connectivity index (χ0) is 20.6. The fourth-order valence-electron chi connectivity index (χ4n) is 4.26. The highest BCUT2D eigenvalue weighted by Crippen LogP contribution is 2.38. The van der Waals surface area contributed by atoms with Crippen LogP contribution in [0.3, 0.4) is 0 Å². The predicted molar refractivity (Wildman–Crippen MR) is 109 cm³/mol. The van der Waals surface area contributed by atoms with Gasteiger partial charge in [-0.2, -0.15) is 0 Å². The molecule has 2 aliphatic rings. The second-order valence-corrected chi connectivity index (χ2v) is 9.38. The van der Waals surface area contributed by atoms with Gasteiger partial charge in [-0.15, -0.1) is 0 Å². The van der Waals surface area contributed by atoms with Gasteiger partial charge < -0.3 is 10.2 Å². The van der Waals surface area contributed by atoms with Gasteiger partial charge in [-0.25, -0.2) is 17.9 Å². The molecule has 2 N–H and O–H groups in total. The van der Waals surface area contributed by atoms with E-state index in [0.29, 0.717) is 17.8 Å². The number of sulfonamides is 1. The second-order valence-electron chi connectivity index (χ2n) is 7.67. The number of carbonyl (C=O) groups excluding carboxylic acids is 2. The van der Waals surface area contributed by atoms with Crippen molar-refractivity contribution in [2.24, 2.45) is 5.92 Å². The average Bonchev–Trinajstić information content (AvgIpc) is 3.29. The maximum absolute atomic E-state index is 12.8. The Hall–Kier alpha value is -2.71. The number of nitrogens with one attached hydrogen (secondary N) is 2. The minimum Gasteiger partial charge on any atom is -0.320 e. The molecule has 0 aromatic heterocycles. The fourth-order valence-corrected chi connectivity index (χ4v) is 5.57. The van der Waals surface area contributed by atoms with E-state index in [1.807, 2.05) is 0 Å². The molecule has 2 bridgehead atoms. The van der Waals surface area contributed by atoms with E-state index in [1.165, 1.54) is 6.92 Å². The molecular weight excluding hydrogens is 390 g/mol. The van der Waals surface area contributed by atoms with E-state index in [4.69, 9.17) is 0 Å². The first-order valence-electron chi connectivity index (χ1n) is 9.59. The summed E-state index contributed by atoms with van der Waals surface area (Å²) < 4.78 is 28.1. The van der Waals surface area contributed by atoms with Gasteiger partial charge in [0.15, 0.2) is 5.78 Å². The first-order chi connectivity index (χ1) is 13.8. The average molecular weight is 413 g/mol. The Bertz CT molecular complexity index is 1040. The molecule has 1 aliphatic carbocycles. The van der Waals surface area contributed by atoms with Gasteiger partial charge in [0.1, 0.15) is 0 Å². The molecule has 1 aliphatic heterocycles. The highest BCUT2D eigenvalue weighted by atomic mass is 32.2. The zero-order valence-corrected chi connectivity index (χ0v) is 16.9. The number of likely N-dealkylation sites (tertiary alicyclic amines) is 1. The number of benzene rings is 2. The summed E-state index contributed by atoms with van der Waals surface area (Å²) in [7, 11) is -3.64. The van der Waals surface area contributed by atoms with Gasteiger partial charge in [-0.1, -0.05) is 30.3 Å². The number of hydrogen-bond donors (Lipinski definition) is 2. The van der Waals surface area contributed by atoms with Crippen LogP contribution in [0.2, 0.25) is 0 Å². The normalized spacial score (nSPS) is 23.2. The first kappa shape index (κ1) is 19.6. The van der Waals surface area contributed by atoms with Crippen LogP contribution in [-0.4, -0.2) is 43.8 Å². The lowest BCUT2D eigenvalue weighted by atomic mass is 10.1. The molecule has 2 fully saturated rings. The van der Waals surface area contributed by atoms with E-state index in [2.05, 4.69) is 10.0 Å². The minimum absolute atomic E-state index is 0.0725. The van der Waals surface area contributed by atoms with Gasteiger partial charge >= 0.3 is 6.03 Å². The summed E-state index contributed by atoms with van der Waals surface area (Å²) in [6.07, 6.45) is 1.50. The summed E-state index contributed by atoms with van der Waals surface area (Å²) in [5.74, 6) is 0.203. The molecule has 0 radical (unpaired) electrons. The van der Waals surface area contributed by atoms with E-state index < -0.39 is 10.0 Å². The SMILES string of the molecule is CC(=O)c1cccc(NC(=O)N2C[C@@H]3C[C@H](NS(=O)(=O)c4ccccc4)[C@H]2C3)c1. The number of urea groups is 1. The molecule has 3 atom stereocenters. The molecule has 4 rings (SSSR count). The van der Waals surface area contributed by atoms with Crippen LogP contribution in [0.1, 0.15) is 30.1 Å². The number of nitrogens with zero attached hydrogens (tertiary/aromatic N) is 1. The standard InChI is InChI=1S/C21H23N3O4S/c1-14(25)16-6-5-7-17(12-16)22-21(26)24-13-15-10-19(20(24)11-15)23-29(27,28)18-8-3-2-4-9-18/h2-9,12,15,19-20,23H,10-11,13H2,1H3,(H,22,26)/t15-,19+,20-/m1/s1. The van der Waals surface area contributed by atoms with E-state index in [-0.39, 0.29) is 34.7 Å². The molecule has 152 valence electrons. The third-order valence-corrected chi connectivity index (χ3v) is 7.13. The van der Waals surface area contributed by atoms with Crippen molar-refractivity contribution >= 4 is 27.5 Å². The quantitative estimate of drug-likeness (QED) is 0.737. The zero-order valence-electron chi connectivity index (χ0n) is 16.0.